The van der Waals surface area contributed by atoms with Gasteiger partial charge in [-0.25, -0.2) is 0 Å². The van der Waals surface area contributed by atoms with Crippen LogP contribution in [0.3, 0.4) is 0 Å². The largest absolute Gasteiger partial charge is 2.00 e. The van der Waals surface area contributed by atoms with E-state index in [0.29, 0.717) is 0 Å². The third-order valence-corrected chi connectivity index (χ3v) is 0. The Labute approximate surface area is 52.5 Å². The molecule has 0 amide bonds. The van der Waals surface area contributed by atoms with Crippen LogP contribution in [0.25, 0.3) is 0 Å². The molecule has 2 N–H and O–H groups in total. The molecule has 34 valence electrons. The second kappa shape index (κ2) is 8.90. The van der Waals surface area contributed by atoms with Gasteiger partial charge >= 0.3 is 26.2 Å². The zero-order valence-electron chi connectivity index (χ0n) is 2.67. The zero-order valence-corrected chi connectivity index (χ0v) is 5.13. The summed E-state index contributed by atoms with van der Waals surface area (Å²) in [5, 5.41) is 14.8. The van der Waals surface area contributed by atoms with Gasteiger partial charge < -0.3 is 20.8 Å². The van der Waals surface area contributed by atoms with Crippen LogP contribution in [-0.2, 0) is 26.2 Å². The Kier molecular flexibility index (Phi) is 24.6. The molecule has 0 fully saturated rings. The minimum absolute atomic E-state index is 0. The van der Waals surface area contributed by atoms with E-state index in [1.807, 2.05) is 0 Å². The van der Waals surface area contributed by atoms with Crippen LogP contribution in [0.4, 0.5) is 0 Å². The molecule has 0 aliphatic rings. The van der Waals surface area contributed by atoms with Crippen molar-refractivity contribution in [3.63, 3.8) is 0 Å². The molecule has 0 heterocycles. The predicted molar refractivity (Wildman–Crippen MR) is 14.0 cm³/mol. The van der Waals surface area contributed by atoms with E-state index in [-0.39, 0.29) is 31.7 Å². The summed E-state index contributed by atoms with van der Waals surface area (Å²) in [6.07, 6.45) is 0. The maximum Gasteiger partial charge on any atom is 2.00 e. The fourth-order valence-electron chi connectivity index (χ4n) is 0. The molecular formula is H2NO4Zr+. The first-order valence-electron chi connectivity index (χ1n) is 0.548. The minimum atomic E-state index is -1.75. The molecule has 5 nitrogen and oxygen atoms in total. The fourth-order valence-corrected chi connectivity index (χ4v) is 0. The van der Waals surface area contributed by atoms with Gasteiger partial charge in [0.25, 0.3) is 0 Å². The Hall–Kier alpha value is 0.0431. The Bertz CT molecular complexity index is 30.5. The molecule has 0 aromatic heterocycles. The van der Waals surface area contributed by atoms with Crippen LogP contribution >= 0.6 is 0 Å². The molecule has 0 radical (unpaired) electrons. The molecule has 0 atom stereocenters. The smallest absolute Gasteiger partial charge is 0.412 e. The molecule has 0 saturated heterocycles. The molecule has 0 aromatic carbocycles. The first kappa shape index (κ1) is 16.6. The van der Waals surface area contributed by atoms with Gasteiger partial charge in [0, 0.05) is 0 Å². The molecule has 0 bridgehead atoms. The van der Waals surface area contributed by atoms with Crippen molar-refractivity contribution >= 4 is 0 Å². The van der Waals surface area contributed by atoms with Gasteiger partial charge in [-0.15, -0.1) is 0 Å². The van der Waals surface area contributed by atoms with Crippen LogP contribution in [0.1, 0.15) is 0 Å². The summed E-state index contributed by atoms with van der Waals surface area (Å²) in [6, 6.07) is 0. The summed E-state index contributed by atoms with van der Waals surface area (Å²) in [5.41, 5.74) is 0. The molecule has 0 spiro atoms. The van der Waals surface area contributed by atoms with E-state index < -0.39 is 5.09 Å². The van der Waals surface area contributed by atoms with E-state index in [9.17, 15) is 0 Å². The van der Waals surface area contributed by atoms with E-state index in [1.54, 1.807) is 0 Å². The van der Waals surface area contributed by atoms with Crippen molar-refractivity contribution in [1.29, 1.82) is 0 Å². The van der Waals surface area contributed by atoms with Gasteiger partial charge in [0.1, 0.15) is 0 Å². The average Bonchev–Trinajstić information content (AvgIpc) is 0.811. The first-order valence-corrected chi connectivity index (χ1v) is 0.548. The van der Waals surface area contributed by atoms with Crippen LogP contribution in [0.15, 0.2) is 0 Å². The maximum absolute atomic E-state index is 8.25. The van der Waals surface area contributed by atoms with Crippen molar-refractivity contribution in [2.45, 2.75) is 0 Å². The Morgan fingerprint density at radius 2 is 1.33 bits per heavy atom. The van der Waals surface area contributed by atoms with Crippen LogP contribution < -0.4 is 0 Å². The third-order valence-electron chi connectivity index (χ3n) is 0. The van der Waals surface area contributed by atoms with Gasteiger partial charge in [0.2, 0.25) is 0 Å². The number of hydrogen-bond donors (Lipinski definition) is 0. The topological polar surface area (TPSA) is 97.7 Å². The molecule has 0 aliphatic heterocycles. The van der Waals surface area contributed by atoms with Crippen molar-refractivity contribution in [2.24, 2.45) is 0 Å². The predicted octanol–water partition coefficient (Wildman–Crippen LogP) is -1.07. The molecule has 0 aliphatic carbocycles. The summed E-state index contributed by atoms with van der Waals surface area (Å²) < 4.78 is 0. The maximum atomic E-state index is 8.25. The van der Waals surface area contributed by atoms with Crippen molar-refractivity contribution in [3.05, 3.63) is 15.3 Å². The van der Waals surface area contributed by atoms with E-state index in [1.165, 1.54) is 0 Å². The number of rotatable bonds is 0. The van der Waals surface area contributed by atoms with E-state index >= 15 is 0 Å². The molecule has 0 aromatic rings. The standard InChI is InChI=1S/NO3.H2O.Zr/c2-1(3)4;;/h;1H2;/q-1;;+2. The summed E-state index contributed by atoms with van der Waals surface area (Å²) in [7, 11) is 0. The second-order valence-corrected chi connectivity index (χ2v) is 0.224. The number of hydrogen-bond acceptors (Lipinski definition) is 3. The van der Waals surface area contributed by atoms with E-state index in [0.717, 1.165) is 0 Å². The summed E-state index contributed by atoms with van der Waals surface area (Å²) in [6.45, 7) is 0. The molecule has 0 saturated carbocycles. The van der Waals surface area contributed by atoms with Crippen molar-refractivity contribution in [2.75, 3.05) is 0 Å². The summed E-state index contributed by atoms with van der Waals surface area (Å²) >= 11 is 0. The first-order chi connectivity index (χ1) is 1.73. The fraction of sp³-hybridized carbons (Fsp3) is 0. The van der Waals surface area contributed by atoms with Crippen molar-refractivity contribution in [1.82, 2.24) is 0 Å². The Morgan fingerprint density at radius 3 is 1.33 bits per heavy atom. The van der Waals surface area contributed by atoms with Gasteiger partial charge in [-0.2, -0.15) is 0 Å². The van der Waals surface area contributed by atoms with Gasteiger partial charge in [-0.1, -0.05) is 0 Å². The molecular weight excluding hydrogens is 169 g/mol. The van der Waals surface area contributed by atoms with Crippen LogP contribution in [0.2, 0.25) is 0 Å². The Balaban J connectivity index is -0.0000000450. The van der Waals surface area contributed by atoms with Gasteiger partial charge in [-0.05, 0) is 0 Å². The van der Waals surface area contributed by atoms with Crippen LogP contribution in [0, 0.1) is 15.3 Å². The quantitative estimate of drug-likeness (QED) is 0.343. The Morgan fingerprint density at radius 1 is 1.33 bits per heavy atom. The van der Waals surface area contributed by atoms with Gasteiger partial charge in [0.15, 0.2) is 0 Å². The van der Waals surface area contributed by atoms with Gasteiger partial charge in [0.05, 0.1) is 5.09 Å². The average molecular weight is 171 g/mol. The monoisotopic (exact) mass is 170 g/mol. The van der Waals surface area contributed by atoms with Crippen molar-refractivity contribution < 1.29 is 36.8 Å². The third kappa shape index (κ3) is 20100. The molecule has 6 heteroatoms. The molecule has 0 unspecified atom stereocenters. The zero-order chi connectivity index (χ0) is 3.58. The normalized spacial score (nSPS) is 4.00. The van der Waals surface area contributed by atoms with Crippen LogP contribution in [0.5, 0.6) is 0 Å². The minimum Gasteiger partial charge on any atom is -0.412 e. The molecule has 0 rings (SSSR count). The SMILES string of the molecule is O.O=[N+]([O-])[O-].[Zr+2]. The van der Waals surface area contributed by atoms with Gasteiger partial charge in [-0.3, -0.25) is 0 Å². The van der Waals surface area contributed by atoms with Crippen LogP contribution in [-0.4, -0.2) is 10.6 Å². The summed E-state index contributed by atoms with van der Waals surface area (Å²) in [4.78, 5) is 8.25. The number of nitrogens with zero attached hydrogens (tertiary/aromatic N) is 1. The van der Waals surface area contributed by atoms with Crippen molar-refractivity contribution in [3.8, 4) is 0 Å². The summed E-state index contributed by atoms with van der Waals surface area (Å²) in [5.74, 6) is 0. The second-order valence-electron chi connectivity index (χ2n) is 0.224. The van der Waals surface area contributed by atoms with E-state index in [4.69, 9.17) is 15.3 Å². The molecule has 6 heavy (non-hydrogen) atoms. The van der Waals surface area contributed by atoms with E-state index in [2.05, 4.69) is 0 Å².